The van der Waals surface area contributed by atoms with E-state index < -0.39 is 6.10 Å². The third-order valence-electron chi connectivity index (χ3n) is 3.58. The quantitative estimate of drug-likeness (QED) is 0.759. The summed E-state index contributed by atoms with van der Waals surface area (Å²) in [7, 11) is 0. The Labute approximate surface area is 135 Å². The number of aliphatic hydroxyl groups excluding tert-OH is 1. The lowest BCUT2D eigenvalue weighted by Gasteiger charge is -2.09. The molecular weight excluding hydrogens is 290 g/mol. The molecule has 0 aliphatic heterocycles. The first-order valence-electron chi connectivity index (χ1n) is 7.63. The molecular formula is C18H19N3O2. The molecule has 0 radical (unpaired) electrons. The van der Waals surface area contributed by atoms with Gasteiger partial charge in [-0.2, -0.15) is 0 Å². The van der Waals surface area contributed by atoms with Crippen LogP contribution in [0.1, 0.15) is 30.8 Å². The van der Waals surface area contributed by atoms with Crippen LogP contribution in [-0.4, -0.2) is 19.9 Å². The van der Waals surface area contributed by atoms with Crippen LogP contribution in [0.4, 0.5) is 0 Å². The van der Waals surface area contributed by atoms with E-state index in [4.69, 9.17) is 4.74 Å². The number of para-hydroxylation sites is 1. The van der Waals surface area contributed by atoms with Crippen molar-refractivity contribution in [3.63, 3.8) is 0 Å². The molecule has 1 atom stereocenters. The number of ether oxygens (including phenoxy) is 1. The van der Waals surface area contributed by atoms with Crippen molar-refractivity contribution in [2.45, 2.75) is 26.1 Å². The molecule has 23 heavy (non-hydrogen) atoms. The molecule has 118 valence electrons. The van der Waals surface area contributed by atoms with Gasteiger partial charge < -0.3 is 9.84 Å². The molecule has 0 bridgehead atoms. The summed E-state index contributed by atoms with van der Waals surface area (Å²) in [4.78, 5) is 4.25. The molecule has 1 N–H and O–H groups in total. The summed E-state index contributed by atoms with van der Waals surface area (Å²) >= 11 is 0. The second kappa shape index (κ2) is 7.07. The van der Waals surface area contributed by atoms with Crippen molar-refractivity contribution in [1.29, 1.82) is 0 Å². The lowest BCUT2D eigenvalue weighted by molar-refractivity contribution is 0.173. The van der Waals surface area contributed by atoms with E-state index in [9.17, 15) is 5.11 Å². The van der Waals surface area contributed by atoms with Crippen molar-refractivity contribution in [2.75, 3.05) is 0 Å². The molecule has 2 aromatic carbocycles. The molecule has 0 saturated carbocycles. The van der Waals surface area contributed by atoms with E-state index in [1.54, 1.807) is 11.0 Å². The van der Waals surface area contributed by atoms with E-state index in [1.807, 2.05) is 61.5 Å². The normalized spacial score (nSPS) is 12.1. The number of rotatable bonds is 6. The standard InChI is InChI=1S/C18H19N3O2/c1-2-17(22)14-8-10-16(11-9-14)23-12-18-19-13-21(20-18)15-6-4-3-5-7-15/h3-11,13,17,22H,2,12H2,1H3. The number of benzene rings is 2. The molecule has 1 heterocycles. The van der Waals surface area contributed by atoms with Crippen molar-refractivity contribution in [3.05, 3.63) is 72.3 Å². The summed E-state index contributed by atoms with van der Waals surface area (Å²) in [6.45, 7) is 2.25. The van der Waals surface area contributed by atoms with Gasteiger partial charge in [0.05, 0.1) is 11.8 Å². The van der Waals surface area contributed by atoms with Gasteiger partial charge in [0.15, 0.2) is 5.82 Å². The zero-order valence-corrected chi connectivity index (χ0v) is 13.0. The van der Waals surface area contributed by atoms with Crippen LogP contribution in [-0.2, 0) is 6.61 Å². The van der Waals surface area contributed by atoms with Gasteiger partial charge in [0.1, 0.15) is 18.7 Å². The first-order valence-corrected chi connectivity index (χ1v) is 7.63. The molecule has 5 heteroatoms. The summed E-state index contributed by atoms with van der Waals surface area (Å²) in [5, 5.41) is 14.2. The third-order valence-corrected chi connectivity index (χ3v) is 3.58. The molecule has 0 aliphatic rings. The van der Waals surface area contributed by atoms with Crippen LogP contribution < -0.4 is 4.74 Å². The highest BCUT2D eigenvalue weighted by Crippen LogP contribution is 2.20. The van der Waals surface area contributed by atoms with Crippen LogP contribution in [0.3, 0.4) is 0 Å². The molecule has 3 rings (SSSR count). The molecule has 0 amide bonds. The monoisotopic (exact) mass is 309 g/mol. The predicted molar refractivity (Wildman–Crippen MR) is 87.4 cm³/mol. The number of aromatic nitrogens is 3. The second-order valence-corrected chi connectivity index (χ2v) is 5.22. The van der Waals surface area contributed by atoms with Crippen LogP contribution in [0, 0.1) is 0 Å². The van der Waals surface area contributed by atoms with E-state index in [2.05, 4.69) is 10.1 Å². The fourth-order valence-electron chi connectivity index (χ4n) is 2.24. The Morgan fingerprint density at radius 2 is 1.83 bits per heavy atom. The first kappa shape index (κ1) is 15.2. The molecule has 1 unspecified atom stereocenters. The molecule has 5 nitrogen and oxygen atoms in total. The molecule has 0 saturated heterocycles. The average molecular weight is 309 g/mol. The van der Waals surface area contributed by atoms with Gasteiger partial charge in [0.2, 0.25) is 0 Å². The van der Waals surface area contributed by atoms with Crippen molar-refractivity contribution in [1.82, 2.24) is 14.8 Å². The maximum Gasteiger partial charge on any atom is 0.188 e. The average Bonchev–Trinajstić information content (AvgIpc) is 3.09. The van der Waals surface area contributed by atoms with Crippen molar-refractivity contribution in [2.24, 2.45) is 0 Å². The van der Waals surface area contributed by atoms with Gasteiger partial charge in [-0.15, -0.1) is 5.10 Å². The van der Waals surface area contributed by atoms with Crippen molar-refractivity contribution < 1.29 is 9.84 Å². The van der Waals surface area contributed by atoms with Gasteiger partial charge in [0, 0.05) is 0 Å². The number of hydrogen-bond acceptors (Lipinski definition) is 4. The van der Waals surface area contributed by atoms with Crippen LogP contribution in [0.5, 0.6) is 5.75 Å². The van der Waals surface area contributed by atoms with Gasteiger partial charge in [-0.05, 0) is 36.2 Å². The summed E-state index contributed by atoms with van der Waals surface area (Å²) in [6, 6.07) is 17.3. The highest BCUT2D eigenvalue weighted by Gasteiger charge is 2.06. The largest absolute Gasteiger partial charge is 0.486 e. The van der Waals surface area contributed by atoms with Gasteiger partial charge >= 0.3 is 0 Å². The van der Waals surface area contributed by atoms with Crippen molar-refractivity contribution in [3.8, 4) is 11.4 Å². The zero-order chi connectivity index (χ0) is 16.1. The Bertz CT molecular complexity index is 738. The van der Waals surface area contributed by atoms with E-state index in [-0.39, 0.29) is 0 Å². The number of nitrogens with zero attached hydrogens (tertiary/aromatic N) is 3. The summed E-state index contributed by atoms with van der Waals surface area (Å²) in [5.41, 5.74) is 1.86. The Balaban J connectivity index is 1.62. The molecule has 3 aromatic rings. The van der Waals surface area contributed by atoms with Gasteiger partial charge in [0.25, 0.3) is 0 Å². The maximum absolute atomic E-state index is 9.78. The second-order valence-electron chi connectivity index (χ2n) is 5.22. The van der Waals surface area contributed by atoms with Crippen LogP contribution in [0.25, 0.3) is 5.69 Å². The summed E-state index contributed by atoms with van der Waals surface area (Å²) < 4.78 is 7.41. The van der Waals surface area contributed by atoms with Gasteiger partial charge in [-0.3, -0.25) is 0 Å². The minimum Gasteiger partial charge on any atom is -0.486 e. The molecule has 0 fully saturated rings. The minimum absolute atomic E-state index is 0.301. The van der Waals surface area contributed by atoms with E-state index in [1.165, 1.54) is 0 Å². The highest BCUT2D eigenvalue weighted by molar-refractivity contribution is 5.30. The SMILES string of the molecule is CCC(O)c1ccc(OCc2ncn(-c3ccccc3)n2)cc1. The van der Waals surface area contributed by atoms with Crippen molar-refractivity contribution >= 4 is 0 Å². The maximum atomic E-state index is 9.78. The fourth-order valence-corrected chi connectivity index (χ4v) is 2.24. The Kier molecular flexibility index (Phi) is 4.68. The number of hydrogen-bond donors (Lipinski definition) is 1. The minimum atomic E-state index is -0.424. The smallest absolute Gasteiger partial charge is 0.188 e. The molecule has 0 spiro atoms. The van der Waals surface area contributed by atoms with E-state index >= 15 is 0 Å². The van der Waals surface area contributed by atoms with Gasteiger partial charge in [-0.25, -0.2) is 9.67 Å². The predicted octanol–water partition coefficient (Wildman–Crippen LogP) is 3.29. The summed E-state index contributed by atoms with van der Waals surface area (Å²) in [5.74, 6) is 1.35. The van der Waals surface area contributed by atoms with E-state index in [0.29, 0.717) is 18.9 Å². The first-order chi connectivity index (χ1) is 11.3. The molecule has 1 aromatic heterocycles. The fraction of sp³-hybridized carbons (Fsp3) is 0.222. The molecule has 0 aliphatic carbocycles. The Morgan fingerprint density at radius 1 is 1.09 bits per heavy atom. The van der Waals surface area contributed by atoms with E-state index in [0.717, 1.165) is 17.0 Å². The Hall–Kier alpha value is -2.66. The lowest BCUT2D eigenvalue weighted by Crippen LogP contribution is -2.01. The number of aliphatic hydroxyl groups is 1. The summed E-state index contributed by atoms with van der Waals surface area (Å²) in [6.07, 6.45) is 1.95. The zero-order valence-electron chi connectivity index (χ0n) is 13.0. The Morgan fingerprint density at radius 3 is 2.52 bits per heavy atom. The van der Waals surface area contributed by atoms with Crippen LogP contribution in [0.2, 0.25) is 0 Å². The third kappa shape index (κ3) is 3.76. The topological polar surface area (TPSA) is 60.2 Å². The highest BCUT2D eigenvalue weighted by atomic mass is 16.5. The van der Waals surface area contributed by atoms with Gasteiger partial charge in [-0.1, -0.05) is 37.3 Å². The van der Waals surface area contributed by atoms with Crippen LogP contribution >= 0.6 is 0 Å². The van der Waals surface area contributed by atoms with Crippen LogP contribution in [0.15, 0.2) is 60.9 Å². The lowest BCUT2D eigenvalue weighted by atomic mass is 10.1.